The van der Waals surface area contributed by atoms with E-state index in [1.807, 2.05) is 31.5 Å². The predicted octanol–water partition coefficient (Wildman–Crippen LogP) is 3.26. The summed E-state index contributed by atoms with van der Waals surface area (Å²) in [7, 11) is 0. The second-order valence-electron chi connectivity index (χ2n) is 4.79. The van der Waals surface area contributed by atoms with Crippen molar-refractivity contribution in [1.29, 1.82) is 0 Å². The fourth-order valence-corrected chi connectivity index (χ4v) is 3.10. The zero-order chi connectivity index (χ0) is 16.4. The van der Waals surface area contributed by atoms with Crippen LogP contribution in [-0.2, 0) is 11.3 Å². The summed E-state index contributed by atoms with van der Waals surface area (Å²) < 4.78 is 1.86. The summed E-state index contributed by atoms with van der Waals surface area (Å²) in [6.45, 7) is 6.53. The van der Waals surface area contributed by atoms with E-state index in [1.54, 1.807) is 11.0 Å². The molecule has 0 saturated carbocycles. The Bertz CT molecular complexity index is 700. The van der Waals surface area contributed by atoms with Crippen LogP contribution in [0.5, 0.6) is 0 Å². The summed E-state index contributed by atoms with van der Waals surface area (Å²) in [4.78, 5) is 13.4. The van der Waals surface area contributed by atoms with Crippen molar-refractivity contribution in [2.75, 3.05) is 13.2 Å². The maximum atomic E-state index is 11.8. The minimum absolute atomic E-state index is 0.161. The molecule has 0 bridgehead atoms. The van der Waals surface area contributed by atoms with Crippen molar-refractivity contribution in [3.8, 4) is 0 Å². The van der Waals surface area contributed by atoms with Gasteiger partial charge >= 0.3 is 0 Å². The lowest BCUT2D eigenvalue weighted by molar-refractivity contribution is -0.137. The van der Waals surface area contributed by atoms with Gasteiger partial charge in [0.1, 0.15) is 12.1 Å². The molecule has 0 saturated heterocycles. The molecule has 5 nitrogen and oxygen atoms in total. The first-order valence-electron chi connectivity index (χ1n) is 7.29. The maximum Gasteiger partial charge on any atom is 0.248 e. The Labute approximate surface area is 139 Å². The number of fused-ring (bicyclic) bond motifs is 3. The third-order valence-electron chi connectivity index (χ3n) is 3.72. The first-order chi connectivity index (χ1) is 10.5. The molecule has 1 aromatic heterocycles. The van der Waals surface area contributed by atoms with Crippen LogP contribution in [0.2, 0.25) is 10.0 Å². The van der Waals surface area contributed by atoms with E-state index >= 15 is 0 Å². The molecule has 7 heteroatoms. The molecule has 0 spiro atoms. The number of hydrogen-bond acceptors (Lipinski definition) is 3. The number of rotatable bonds is 1. The number of aromatic nitrogens is 2. The predicted molar refractivity (Wildman–Crippen MR) is 88.3 cm³/mol. The molecule has 120 valence electrons. The summed E-state index contributed by atoms with van der Waals surface area (Å²) in [5.41, 5.74) is 1.57. The number of amides is 1. The van der Waals surface area contributed by atoms with E-state index in [-0.39, 0.29) is 11.9 Å². The summed E-state index contributed by atoms with van der Waals surface area (Å²) in [5, 5.41) is 15.3. The number of carbonyl (C=O) groups is 1. The Kier molecular flexibility index (Phi) is 5.32. The van der Waals surface area contributed by atoms with Crippen LogP contribution in [0, 0.1) is 0 Å². The average molecular weight is 344 g/mol. The van der Waals surface area contributed by atoms with Gasteiger partial charge in [0.25, 0.3) is 0 Å². The molecular weight excluding hydrogens is 325 g/mol. The van der Waals surface area contributed by atoms with E-state index in [4.69, 9.17) is 28.3 Å². The molecule has 1 aliphatic rings. The maximum absolute atomic E-state index is 11.8. The van der Waals surface area contributed by atoms with Crippen molar-refractivity contribution in [3.63, 3.8) is 0 Å². The van der Waals surface area contributed by atoms with Gasteiger partial charge in [-0.3, -0.25) is 9.48 Å². The van der Waals surface area contributed by atoms with Crippen LogP contribution in [0.1, 0.15) is 32.5 Å². The van der Waals surface area contributed by atoms with E-state index in [9.17, 15) is 4.79 Å². The molecule has 0 radical (unpaired) electrons. The highest BCUT2D eigenvalue weighted by molar-refractivity contribution is 6.45. The fraction of sp³-hybridized carbons (Fsp3) is 0.467. The van der Waals surface area contributed by atoms with Gasteiger partial charge in [0.15, 0.2) is 0 Å². The number of aliphatic hydroxyl groups excluding tert-OH is 1. The third kappa shape index (κ3) is 2.69. The summed E-state index contributed by atoms with van der Waals surface area (Å²) >= 11 is 12.2. The van der Waals surface area contributed by atoms with Crippen LogP contribution in [0.4, 0.5) is 0 Å². The van der Waals surface area contributed by atoms with Crippen molar-refractivity contribution in [2.24, 2.45) is 0 Å². The summed E-state index contributed by atoms with van der Waals surface area (Å²) in [5.74, 6) is -0.279. The molecule has 1 N–H and O–H groups in total. The molecule has 1 atom stereocenters. The highest BCUT2D eigenvalue weighted by Crippen LogP contribution is 2.36. The van der Waals surface area contributed by atoms with Crippen molar-refractivity contribution < 1.29 is 9.90 Å². The minimum atomic E-state index is -0.483. The first-order valence-corrected chi connectivity index (χ1v) is 8.05. The molecule has 0 aliphatic carbocycles. The van der Waals surface area contributed by atoms with Crippen LogP contribution in [-0.4, -0.2) is 38.8 Å². The van der Waals surface area contributed by atoms with Gasteiger partial charge in [-0.1, -0.05) is 37.0 Å². The molecular formula is C15H19Cl2N3O2. The number of halogens is 2. The Morgan fingerprint density at radius 2 is 2.05 bits per heavy atom. The number of nitrogens with zero attached hydrogens (tertiary/aromatic N) is 3. The number of hydrogen-bond donors (Lipinski definition) is 1. The van der Waals surface area contributed by atoms with Crippen LogP contribution < -0.4 is 0 Å². The van der Waals surface area contributed by atoms with Gasteiger partial charge in [-0.2, -0.15) is 5.10 Å². The monoisotopic (exact) mass is 343 g/mol. The largest absolute Gasteiger partial charge is 0.387 e. The molecule has 1 unspecified atom stereocenters. The second kappa shape index (κ2) is 6.86. The number of carbonyl (C=O) groups excluding carboxylic acids is 1. The van der Waals surface area contributed by atoms with Gasteiger partial charge in [0, 0.05) is 11.9 Å². The van der Waals surface area contributed by atoms with Crippen LogP contribution in [0.15, 0.2) is 12.1 Å². The molecule has 22 heavy (non-hydrogen) atoms. The quantitative estimate of drug-likeness (QED) is 0.864. The average Bonchev–Trinajstić information content (AvgIpc) is 2.93. The first kappa shape index (κ1) is 17.1. The van der Waals surface area contributed by atoms with Crippen LogP contribution in [0.25, 0.3) is 10.9 Å². The van der Waals surface area contributed by atoms with Crippen LogP contribution >= 0.6 is 23.2 Å². The van der Waals surface area contributed by atoms with Crippen LogP contribution in [0.3, 0.4) is 0 Å². The molecule has 2 aromatic rings. The summed E-state index contributed by atoms with van der Waals surface area (Å²) in [6.07, 6.45) is 0. The zero-order valence-electron chi connectivity index (χ0n) is 12.8. The Hall–Kier alpha value is -1.30. The second-order valence-corrected chi connectivity index (χ2v) is 5.57. The summed E-state index contributed by atoms with van der Waals surface area (Å²) in [6, 6.07) is 3.44. The molecule has 3 rings (SSSR count). The molecule has 2 heterocycles. The molecule has 1 aromatic carbocycles. The lowest BCUT2D eigenvalue weighted by atomic mass is 10.1. The standard InChI is InChI=1S/C13H13Cl2N3O2.C2H6/c1-7-13-8-2-3-9(14)11(15)12(8)16-18(13)5-4-17(7)10(20)6-19;1-2/h2-3,7,19H,4-6H2,1H3;1-2H3. The molecule has 1 aliphatic heterocycles. The fourth-order valence-electron chi connectivity index (χ4n) is 2.74. The van der Waals surface area contributed by atoms with Crippen molar-refractivity contribution in [2.45, 2.75) is 33.4 Å². The third-order valence-corrected chi connectivity index (χ3v) is 4.51. The topological polar surface area (TPSA) is 58.4 Å². The lowest BCUT2D eigenvalue weighted by Gasteiger charge is -2.33. The Morgan fingerprint density at radius 3 is 2.68 bits per heavy atom. The van der Waals surface area contributed by atoms with Gasteiger partial charge < -0.3 is 10.0 Å². The number of benzene rings is 1. The lowest BCUT2D eigenvalue weighted by Crippen LogP contribution is -2.42. The van der Waals surface area contributed by atoms with Crippen molar-refractivity contribution >= 4 is 40.0 Å². The van der Waals surface area contributed by atoms with E-state index in [1.165, 1.54) is 0 Å². The SMILES string of the molecule is CC.CC1c2c3ccc(Cl)c(Cl)c3nn2CCN1C(=O)CO. The van der Waals surface area contributed by atoms with E-state index in [2.05, 4.69) is 5.10 Å². The van der Waals surface area contributed by atoms with E-state index in [0.717, 1.165) is 11.1 Å². The van der Waals surface area contributed by atoms with E-state index < -0.39 is 6.61 Å². The van der Waals surface area contributed by atoms with Gasteiger partial charge in [0.05, 0.1) is 28.3 Å². The molecule has 0 fully saturated rings. The molecule has 1 amide bonds. The van der Waals surface area contributed by atoms with Gasteiger partial charge in [-0.05, 0) is 19.1 Å². The van der Waals surface area contributed by atoms with E-state index in [0.29, 0.717) is 28.7 Å². The van der Waals surface area contributed by atoms with Crippen molar-refractivity contribution in [3.05, 3.63) is 27.9 Å². The minimum Gasteiger partial charge on any atom is -0.387 e. The Morgan fingerprint density at radius 1 is 1.36 bits per heavy atom. The highest BCUT2D eigenvalue weighted by Gasteiger charge is 2.30. The Balaban J connectivity index is 0.000000847. The van der Waals surface area contributed by atoms with Gasteiger partial charge in [-0.25, -0.2) is 0 Å². The van der Waals surface area contributed by atoms with Crippen molar-refractivity contribution in [1.82, 2.24) is 14.7 Å². The normalized spacial score (nSPS) is 17.0. The number of aliphatic hydroxyl groups is 1. The highest BCUT2D eigenvalue weighted by atomic mass is 35.5. The van der Waals surface area contributed by atoms with Gasteiger partial charge in [0.2, 0.25) is 5.91 Å². The smallest absolute Gasteiger partial charge is 0.248 e. The zero-order valence-corrected chi connectivity index (χ0v) is 14.3. The van der Waals surface area contributed by atoms with Gasteiger partial charge in [-0.15, -0.1) is 0 Å².